The van der Waals surface area contributed by atoms with Crippen LogP contribution in [0.4, 0.5) is 0 Å². The van der Waals surface area contributed by atoms with Gasteiger partial charge in [-0.15, -0.1) is 0 Å². The van der Waals surface area contributed by atoms with E-state index in [9.17, 15) is 4.79 Å². The zero-order valence-corrected chi connectivity index (χ0v) is 9.43. The third kappa shape index (κ3) is 2.47. The first kappa shape index (κ1) is 11.5. The van der Waals surface area contributed by atoms with Crippen LogP contribution in [0.3, 0.4) is 0 Å². The monoisotopic (exact) mass is 199 g/mol. The Morgan fingerprint density at radius 2 is 2.14 bits per heavy atom. The topological polar surface area (TPSA) is 38.3 Å². The largest absolute Gasteiger partial charge is 0.379 e. The van der Waals surface area contributed by atoms with Gasteiger partial charge in [-0.25, -0.2) is 0 Å². The van der Waals surface area contributed by atoms with Crippen molar-refractivity contribution in [3.05, 3.63) is 0 Å². The number of hydrogen-bond donors (Lipinski definition) is 1. The lowest BCUT2D eigenvalue weighted by Crippen LogP contribution is -2.53. The van der Waals surface area contributed by atoms with Gasteiger partial charge in [0.2, 0.25) is 5.91 Å². The van der Waals surface area contributed by atoms with Crippen LogP contribution in [0.1, 0.15) is 33.6 Å². The van der Waals surface area contributed by atoms with E-state index >= 15 is 0 Å². The minimum absolute atomic E-state index is 0.173. The lowest BCUT2D eigenvalue weighted by Gasteiger charge is -2.39. The van der Waals surface area contributed by atoms with Gasteiger partial charge in [0.1, 0.15) is 0 Å². The van der Waals surface area contributed by atoms with Gasteiger partial charge in [-0.1, -0.05) is 20.8 Å². The summed E-state index contributed by atoms with van der Waals surface area (Å²) in [5.74, 6) is 0.817. The SMILES string of the molecule is CCC1(C(=O)NCCC(C)C)COC1. The third-order valence-corrected chi connectivity index (χ3v) is 2.92. The van der Waals surface area contributed by atoms with E-state index in [4.69, 9.17) is 4.74 Å². The Hall–Kier alpha value is -0.570. The number of carbonyl (C=O) groups is 1. The van der Waals surface area contributed by atoms with E-state index in [1.807, 2.05) is 6.92 Å². The van der Waals surface area contributed by atoms with Crippen LogP contribution in [0.2, 0.25) is 0 Å². The van der Waals surface area contributed by atoms with Crippen molar-refractivity contribution in [3.63, 3.8) is 0 Å². The second-order valence-corrected chi connectivity index (χ2v) is 4.57. The van der Waals surface area contributed by atoms with Crippen LogP contribution in [-0.4, -0.2) is 25.7 Å². The molecule has 82 valence electrons. The predicted molar refractivity (Wildman–Crippen MR) is 56.0 cm³/mol. The maximum absolute atomic E-state index is 11.8. The first-order valence-corrected chi connectivity index (χ1v) is 5.47. The molecule has 0 aromatic heterocycles. The number of hydrogen-bond acceptors (Lipinski definition) is 2. The molecule has 0 aromatic rings. The van der Waals surface area contributed by atoms with Gasteiger partial charge >= 0.3 is 0 Å². The fourth-order valence-electron chi connectivity index (χ4n) is 1.51. The third-order valence-electron chi connectivity index (χ3n) is 2.92. The number of amides is 1. The van der Waals surface area contributed by atoms with Crippen molar-refractivity contribution in [2.45, 2.75) is 33.6 Å². The molecule has 3 nitrogen and oxygen atoms in total. The highest BCUT2D eigenvalue weighted by atomic mass is 16.5. The molecule has 0 bridgehead atoms. The standard InChI is InChI=1S/C11H21NO2/c1-4-11(7-14-8-11)10(13)12-6-5-9(2)3/h9H,4-8H2,1-3H3,(H,12,13). The summed E-state index contributed by atoms with van der Waals surface area (Å²) in [7, 11) is 0. The summed E-state index contributed by atoms with van der Waals surface area (Å²) in [6.45, 7) is 8.35. The minimum atomic E-state index is -0.211. The van der Waals surface area contributed by atoms with Gasteiger partial charge in [0.15, 0.2) is 0 Å². The maximum Gasteiger partial charge on any atom is 0.230 e. The molecule has 1 heterocycles. The van der Waals surface area contributed by atoms with E-state index in [1.54, 1.807) is 0 Å². The van der Waals surface area contributed by atoms with E-state index < -0.39 is 0 Å². The number of rotatable bonds is 5. The molecule has 3 heteroatoms. The predicted octanol–water partition coefficient (Wildman–Crippen LogP) is 1.58. The van der Waals surface area contributed by atoms with Crippen LogP contribution >= 0.6 is 0 Å². The van der Waals surface area contributed by atoms with Crippen LogP contribution in [0.5, 0.6) is 0 Å². The number of ether oxygens (including phenoxy) is 1. The van der Waals surface area contributed by atoms with Crippen LogP contribution in [-0.2, 0) is 9.53 Å². The minimum Gasteiger partial charge on any atom is -0.379 e. The Balaban J connectivity index is 2.27. The summed E-state index contributed by atoms with van der Waals surface area (Å²) in [6.07, 6.45) is 1.92. The molecule has 0 aliphatic carbocycles. The van der Waals surface area contributed by atoms with Gasteiger partial charge in [-0.3, -0.25) is 4.79 Å². The number of nitrogens with one attached hydrogen (secondary N) is 1. The Morgan fingerprint density at radius 1 is 1.50 bits per heavy atom. The maximum atomic E-state index is 11.8. The van der Waals surface area contributed by atoms with E-state index in [0.29, 0.717) is 19.1 Å². The van der Waals surface area contributed by atoms with Crippen molar-refractivity contribution in [2.75, 3.05) is 19.8 Å². The zero-order chi connectivity index (χ0) is 10.6. The Kier molecular flexibility index (Phi) is 3.93. The summed E-state index contributed by atoms with van der Waals surface area (Å²) in [5.41, 5.74) is -0.211. The lowest BCUT2D eigenvalue weighted by atomic mass is 9.82. The van der Waals surface area contributed by atoms with Gasteiger partial charge in [0, 0.05) is 6.54 Å². The van der Waals surface area contributed by atoms with Crippen molar-refractivity contribution in [1.82, 2.24) is 5.32 Å². The van der Waals surface area contributed by atoms with Gasteiger partial charge in [-0.2, -0.15) is 0 Å². The second-order valence-electron chi connectivity index (χ2n) is 4.57. The molecular formula is C11H21NO2. The molecule has 1 aliphatic heterocycles. The molecule has 14 heavy (non-hydrogen) atoms. The quantitative estimate of drug-likeness (QED) is 0.730. The zero-order valence-electron chi connectivity index (χ0n) is 9.43. The average molecular weight is 199 g/mol. The summed E-state index contributed by atoms with van der Waals surface area (Å²) in [6, 6.07) is 0. The molecule has 0 saturated carbocycles. The fraction of sp³-hybridized carbons (Fsp3) is 0.909. The van der Waals surface area contributed by atoms with E-state index in [2.05, 4.69) is 19.2 Å². The summed E-state index contributed by atoms with van der Waals surface area (Å²) in [5, 5.41) is 2.99. The van der Waals surface area contributed by atoms with Crippen LogP contribution < -0.4 is 5.32 Å². The summed E-state index contributed by atoms with van der Waals surface area (Å²) < 4.78 is 5.12. The number of carbonyl (C=O) groups excluding carboxylic acids is 1. The van der Waals surface area contributed by atoms with Crippen LogP contribution in [0.25, 0.3) is 0 Å². The van der Waals surface area contributed by atoms with Crippen molar-refractivity contribution >= 4 is 5.91 Å². The molecule has 1 aliphatic rings. The molecule has 0 unspecified atom stereocenters. The molecule has 0 radical (unpaired) electrons. The average Bonchev–Trinajstić information content (AvgIpc) is 2.02. The molecular weight excluding hydrogens is 178 g/mol. The highest BCUT2D eigenvalue weighted by Gasteiger charge is 2.43. The van der Waals surface area contributed by atoms with Crippen molar-refractivity contribution < 1.29 is 9.53 Å². The Morgan fingerprint density at radius 3 is 2.50 bits per heavy atom. The smallest absolute Gasteiger partial charge is 0.230 e. The van der Waals surface area contributed by atoms with Crippen LogP contribution in [0, 0.1) is 11.3 Å². The van der Waals surface area contributed by atoms with Gasteiger partial charge in [-0.05, 0) is 18.8 Å². The summed E-state index contributed by atoms with van der Waals surface area (Å²) in [4.78, 5) is 11.8. The molecule has 1 amide bonds. The Bertz CT molecular complexity index is 192. The van der Waals surface area contributed by atoms with Gasteiger partial charge < -0.3 is 10.1 Å². The van der Waals surface area contributed by atoms with Crippen molar-refractivity contribution in [1.29, 1.82) is 0 Å². The normalized spacial score (nSPS) is 19.1. The Labute approximate surface area is 86.2 Å². The first-order valence-electron chi connectivity index (χ1n) is 5.47. The van der Waals surface area contributed by atoms with E-state index in [-0.39, 0.29) is 11.3 Å². The highest BCUT2D eigenvalue weighted by molar-refractivity contribution is 5.83. The van der Waals surface area contributed by atoms with Gasteiger partial charge in [0.05, 0.1) is 18.6 Å². The van der Waals surface area contributed by atoms with Crippen molar-refractivity contribution in [2.24, 2.45) is 11.3 Å². The molecule has 1 N–H and O–H groups in total. The first-order chi connectivity index (χ1) is 6.60. The van der Waals surface area contributed by atoms with E-state index in [0.717, 1.165) is 19.4 Å². The van der Waals surface area contributed by atoms with Crippen LogP contribution in [0.15, 0.2) is 0 Å². The highest BCUT2D eigenvalue weighted by Crippen LogP contribution is 2.31. The fourth-order valence-corrected chi connectivity index (χ4v) is 1.51. The molecule has 0 atom stereocenters. The second kappa shape index (κ2) is 4.78. The summed E-state index contributed by atoms with van der Waals surface area (Å²) >= 11 is 0. The molecule has 1 saturated heterocycles. The van der Waals surface area contributed by atoms with Crippen molar-refractivity contribution in [3.8, 4) is 0 Å². The lowest BCUT2D eigenvalue weighted by molar-refractivity contribution is -0.162. The molecule has 0 aromatic carbocycles. The van der Waals surface area contributed by atoms with Gasteiger partial charge in [0.25, 0.3) is 0 Å². The molecule has 1 fully saturated rings. The molecule has 0 spiro atoms. The van der Waals surface area contributed by atoms with E-state index in [1.165, 1.54) is 0 Å². The molecule has 1 rings (SSSR count).